The molecule has 0 amide bonds. The maximum atomic E-state index is 12.9. The van der Waals surface area contributed by atoms with Gasteiger partial charge in [0.05, 0.1) is 22.9 Å². The Kier molecular flexibility index (Phi) is 5.07. The highest BCUT2D eigenvalue weighted by atomic mass is 79.9. The van der Waals surface area contributed by atoms with Crippen molar-refractivity contribution in [3.63, 3.8) is 0 Å². The lowest BCUT2D eigenvalue weighted by Gasteiger charge is -2.15. The van der Waals surface area contributed by atoms with Gasteiger partial charge in [-0.3, -0.25) is 4.79 Å². The number of hydrogen-bond donors (Lipinski definition) is 0. The quantitative estimate of drug-likeness (QED) is 0.694. The van der Waals surface area contributed by atoms with Crippen LogP contribution in [0.15, 0.2) is 26.2 Å². The van der Waals surface area contributed by atoms with Gasteiger partial charge in [0.1, 0.15) is 6.07 Å². The average molecular weight is 432 g/mol. The number of halogens is 1. The molecular formula is C19H18BrN3O4. The highest BCUT2D eigenvalue weighted by Gasteiger charge is 2.25. The summed E-state index contributed by atoms with van der Waals surface area (Å²) in [5.74, 6) is -0.679. The van der Waals surface area contributed by atoms with E-state index in [0.717, 1.165) is 16.7 Å². The van der Waals surface area contributed by atoms with Crippen LogP contribution in [0.5, 0.6) is 0 Å². The number of benzene rings is 1. The summed E-state index contributed by atoms with van der Waals surface area (Å²) < 4.78 is 8.08. The van der Waals surface area contributed by atoms with Gasteiger partial charge in [0.25, 0.3) is 5.56 Å². The van der Waals surface area contributed by atoms with Crippen LogP contribution in [-0.4, -0.2) is 21.2 Å². The first kappa shape index (κ1) is 19.1. The van der Waals surface area contributed by atoms with E-state index in [-0.39, 0.29) is 28.5 Å². The summed E-state index contributed by atoms with van der Waals surface area (Å²) in [5, 5.41) is 9.35. The van der Waals surface area contributed by atoms with Crippen molar-refractivity contribution in [1.82, 2.24) is 9.13 Å². The number of carbonyl (C=O) groups is 1. The number of fused-ring (bicyclic) bond motifs is 1. The number of nitrogens with zero attached hydrogens (tertiary/aromatic N) is 3. The first-order valence-corrected chi connectivity index (χ1v) is 9.34. The molecule has 7 nitrogen and oxygen atoms in total. The van der Waals surface area contributed by atoms with Crippen molar-refractivity contribution in [2.75, 3.05) is 0 Å². The molecule has 0 spiro atoms. The van der Waals surface area contributed by atoms with Crippen molar-refractivity contribution in [2.24, 2.45) is 7.05 Å². The lowest BCUT2D eigenvalue weighted by Crippen LogP contribution is -2.40. The van der Waals surface area contributed by atoms with Crippen molar-refractivity contribution < 1.29 is 9.53 Å². The molecule has 0 unspecified atom stereocenters. The van der Waals surface area contributed by atoms with Gasteiger partial charge in [0.2, 0.25) is 0 Å². The Hall–Kier alpha value is -2.66. The molecule has 1 aliphatic rings. The van der Waals surface area contributed by atoms with E-state index in [9.17, 15) is 19.6 Å². The summed E-state index contributed by atoms with van der Waals surface area (Å²) in [6, 6.07) is 4.73. The third kappa shape index (κ3) is 3.23. The number of carbonyl (C=O) groups excluding carboxylic acids is 1. The molecule has 8 heteroatoms. The number of ether oxygens (including phenoxy) is 1. The Morgan fingerprint density at radius 1 is 1.30 bits per heavy atom. The van der Waals surface area contributed by atoms with Crippen LogP contribution >= 0.6 is 15.9 Å². The van der Waals surface area contributed by atoms with E-state index in [1.54, 1.807) is 20.9 Å². The molecule has 140 valence electrons. The fourth-order valence-electron chi connectivity index (χ4n) is 3.30. The molecule has 2 aromatic rings. The fourth-order valence-corrected chi connectivity index (χ4v) is 3.82. The number of nitriles is 1. The van der Waals surface area contributed by atoms with Crippen LogP contribution in [-0.2, 0) is 24.6 Å². The van der Waals surface area contributed by atoms with Gasteiger partial charge in [-0.1, -0.05) is 0 Å². The number of aromatic nitrogens is 2. The van der Waals surface area contributed by atoms with Gasteiger partial charge in [-0.05, 0) is 61.2 Å². The Morgan fingerprint density at radius 2 is 2.00 bits per heavy atom. The summed E-state index contributed by atoms with van der Waals surface area (Å²) in [4.78, 5) is 38.2. The molecule has 0 aliphatic heterocycles. The predicted octanol–water partition coefficient (Wildman–Crippen LogP) is 2.22. The van der Waals surface area contributed by atoms with Gasteiger partial charge >= 0.3 is 11.7 Å². The standard InChI is InChI=1S/C19H18BrN3O4/c1-10(2)27-18(25)13-8-16(14(20)7-11(13)9-21)23-17(24)12-5-4-6-15(12)22(3)19(23)26/h7-8,10H,4-6H2,1-3H3. The molecule has 1 heterocycles. The first-order chi connectivity index (χ1) is 12.8. The lowest BCUT2D eigenvalue weighted by molar-refractivity contribution is 0.0377. The minimum atomic E-state index is -0.679. The first-order valence-electron chi connectivity index (χ1n) is 8.55. The van der Waals surface area contributed by atoms with Gasteiger partial charge in [0, 0.05) is 22.8 Å². The summed E-state index contributed by atoms with van der Waals surface area (Å²) in [6.07, 6.45) is 1.75. The molecule has 0 atom stereocenters. The van der Waals surface area contributed by atoms with Crippen LogP contribution < -0.4 is 11.2 Å². The zero-order valence-corrected chi connectivity index (χ0v) is 16.8. The largest absolute Gasteiger partial charge is 0.459 e. The van der Waals surface area contributed by atoms with Crippen LogP contribution in [0.1, 0.15) is 47.4 Å². The summed E-state index contributed by atoms with van der Waals surface area (Å²) in [6.45, 7) is 3.40. The molecule has 1 aliphatic carbocycles. The minimum absolute atomic E-state index is 0.0128. The number of esters is 1. The van der Waals surface area contributed by atoms with Gasteiger partial charge in [-0.2, -0.15) is 5.26 Å². The Bertz CT molecular complexity index is 1110. The molecular weight excluding hydrogens is 414 g/mol. The molecule has 0 N–H and O–H groups in total. The van der Waals surface area contributed by atoms with Crippen LogP contribution in [0.2, 0.25) is 0 Å². The average Bonchev–Trinajstić information content (AvgIpc) is 3.10. The number of rotatable bonds is 3. The summed E-state index contributed by atoms with van der Waals surface area (Å²) in [7, 11) is 1.63. The second-order valence-electron chi connectivity index (χ2n) is 6.68. The SMILES string of the molecule is CC(C)OC(=O)c1cc(-n2c(=O)c3c(n(C)c2=O)CCC3)c(Br)cc1C#N. The fraction of sp³-hybridized carbons (Fsp3) is 0.368. The van der Waals surface area contributed by atoms with Gasteiger partial charge in [0.15, 0.2) is 0 Å². The van der Waals surface area contributed by atoms with E-state index >= 15 is 0 Å². The molecule has 1 aromatic carbocycles. The summed E-state index contributed by atoms with van der Waals surface area (Å²) in [5.41, 5.74) is 0.810. The Labute approximate surface area is 163 Å². The molecule has 0 fully saturated rings. The molecule has 3 rings (SSSR count). The molecule has 27 heavy (non-hydrogen) atoms. The van der Waals surface area contributed by atoms with E-state index in [0.29, 0.717) is 22.9 Å². The van der Waals surface area contributed by atoms with Gasteiger partial charge in [-0.25, -0.2) is 14.2 Å². The smallest absolute Gasteiger partial charge is 0.339 e. The van der Waals surface area contributed by atoms with Crippen molar-refractivity contribution in [2.45, 2.75) is 39.2 Å². The second-order valence-corrected chi connectivity index (χ2v) is 7.53. The maximum absolute atomic E-state index is 12.9. The van der Waals surface area contributed by atoms with Crippen molar-refractivity contribution in [1.29, 1.82) is 5.26 Å². The van der Waals surface area contributed by atoms with E-state index in [1.165, 1.54) is 16.7 Å². The van der Waals surface area contributed by atoms with E-state index in [2.05, 4.69) is 15.9 Å². The van der Waals surface area contributed by atoms with Crippen LogP contribution in [0.25, 0.3) is 5.69 Å². The maximum Gasteiger partial charge on any atom is 0.339 e. The summed E-state index contributed by atoms with van der Waals surface area (Å²) >= 11 is 3.32. The zero-order valence-electron chi connectivity index (χ0n) is 15.2. The van der Waals surface area contributed by atoms with Crippen molar-refractivity contribution in [3.8, 4) is 11.8 Å². The van der Waals surface area contributed by atoms with Crippen LogP contribution in [0, 0.1) is 11.3 Å². The Morgan fingerprint density at radius 3 is 2.63 bits per heavy atom. The number of hydrogen-bond acceptors (Lipinski definition) is 5. The molecule has 1 aromatic heterocycles. The van der Waals surface area contributed by atoms with Gasteiger partial charge < -0.3 is 9.30 Å². The highest BCUT2D eigenvalue weighted by molar-refractivity contribution is 9.10. The monoisotopic (exact) mass is 431 g/mol. The van der Waals surface area contributed by atoms with E-state index in [4.69, 9.17) is 4.74 Å². The topological polar surface area (TPSA) is 94.1 Å². The highest BCUT2D eigenvalue weighted by Crippen LogP contribution is 2.26. The Balaban J connectivity index is 2.30. The molecule has 0 saturated heterocycles. The second kappa shape index (κ2) is 7.16. The normalized spacial score (nSPS) is 12.7. The van der Waals surface area contributed by atoms with Crippen LogP contribution in [0.4, 0.5) is 0 Å². The molecule has 0 bridgehead atoms. The van der Waals surface area contributed by atoms with Crippen LogP contribution in [0.3, 0.4) is 0 Å². The van der Waals surface area contributed by atoms with Crippen molar-refractivity contribution in [3.05, 3.63) is 59.8 Å². The lowest BCUT2D eigenvalue weighted by atomic mass is 10.1. The van der Waals surface area contributed by atoms with E-state index < -0.39 is 11.7 Å². The minimum Gasteiger partial charge on any atom is -0.459 e. The van der Waals surface area contributed by atoms with E-state index in [1.807, 2.05) is 6.07 Å². The predicted molar refractivity (Wildman–Crippen MR) is 102 cm³/mol. The third-order valence-electron chi connectivity index (χ3n) is 4.54. The third-order valence-corrected chi connectivity index (χ3v) is 5.18. The zero-order chi connectivity index (χ0) is 19.9. The molecule has 0 radical (unpaired) electrons. The van der Waals surface area contributed by atoms with Gasteiger partial charge in [-0.15, -0.1) is 0 Å². The molecule has 0 saturated carbocycles. The van der Waals surface area contributed by atoms with Crippen molar-refractivity contribution >= 4 is 21.9 Å².